The van der Waals surface area contributed by atoms with Crippen molar-refractivity contribution in [2.24, 2.45) is 0 Å². The Morgan fingerprint density at radius 1 is 1.43 bits per heavy atom. The van der Waals surface area contributed by atoms with Gasteiger partial charge in [-0.2, -0.15) is 0 Å². The minimum Gasteiger partial charge on any atom is -0.382 e. The van der Waals surface area contributed by atoms with Crippen LogP contribution in [0.5, 0.6) is 0 Å². The minimum absolute atomic E-state index is 0.220. The number of carbonyl (C=O) groups is 1. The molecule has 0 saturated carbocycles. The second kappa shape index (κ2) is 6.53. The molecule has 0 aliphatic carbocycles. The van der Waals surface area contributed by atoms with Crippen molar-refractivity contribution in [2.75, 3.05) is 11.1 Å². The number of amides is 1. The SMILES string of the molecule is Cc1ccc(CNC(=O)c2sc(NC(C)C)nc2N)cn1. The van der Waals surface area contributed by atoms with Gasteiger partial charge < -0.3 is 16.4 Å². The maximum atomic E-state index is 12.1. The lowest BCUT2D eigenvalue weighted by Crippen LogP contribution is -2.22. The number of carbonyl (C=O) groups excluding carboxylic acids is 1. The van der Waals surface area contributed by atoms with Crippen molar-refractivity contribution in [3.05, 3.63) is 34.5 Å². The predicted octanol–water partition coefficient (Wildman–Crippen LogP) is 2.18. The highest BCUT2D eigenvalue weighted by Crippen LogP contribution is 2.25. The molecule has 0 aliphatic heterocycles. The number of nitrogens with one attached hydrogen (secondary N) is 2. The number of hydrogen-bond acceptors (Lipinski definition) is 6. The lowest BCUT2D eigenvalue weighted by molar-refractivity contribution is 0.0955. The Kier molecular flexibility index (Phi) is 4.74. The second-order valence-electron chi connectivity index (χ2n) is 5.02. The van der Waals surface area contributed by atoms with Crippen molar-refractivity contribution in [2.45, 2.75) is 33.4 Å². The largest absolute Gasteiger partial charge is 0.382 e. The van der Waals surface area contributed by atoms with E-state index in [9.17, 15) is 4.79 Å². The Hall–Kier alpha value is -2.15. The van der Waals surface area contributed by atoms with Crippen LogP contribution >= 0.6 is 11.3 Å². The van der Waals surface area contributed by atoms with Gasteiger partial charge in [0.15, 0.2) is 5.13 Å². The number of nitrogen functional groups attached to an aromatic ring is 1. The van der Waals surface area contributed by atoms with E-state index in [0.29, 0.717) is 16.6 Å². The van der Waals surface area contributed by atoms with Gasteiger partial charge in [0.1, 0.15) is 10.7 Å². The number of rotatable bonds is 5. The first-order chi connectivity index (χ1) is 9.95. The summed E-state index contributed by atoms with van der Waals surface area (Å²) < 4.78 is 0. The van der Waals surface area contributed by atoms with Crippen LogP contribution in [0.1, 0.15) is 34.8 Å². The summed E-state index contributed by atoms with van der Waals surface area (Å²) in [6.07, 6.45) is 1.75. The molecule has 0 atom stereocenters. The molecule has 0 spiro atoms. The average Bonchev–Trinajstić information content (AvgIpc) is 2.77. The number of anilines is 2. The van der Waals surface area contributed by atoms with Gasteiger partial charge in [-0.15, -0.1) is 0 Å². The molecule has 6 nitrogen and oxygen atoms in total. The molecule has 0 aromatic carbocycles. The highest BCUT2D eigenvalue weighted by atomic mass is 32.1. The molecule has 0 unspecified atom stereocenters. The van der Waals surface area contributed by atoms with Crippen molar-refractivity contribution in [3.63, 3.8) is 0 Å². The summed E-state index contributed by atoms with van der Waals surface area (Å²) in [5.74, 6) is 0.0325. The molecular formula is C14H19N5OS. The monoisotopic (exact) mass is 305 g/mol. The normalized spacial score (nSPS) is 10.7. The Labute approximate surface area is 127 Å². The lowest BCUT2D eigenvalue weighted by atomic mass is 10.2. The summed E-state index contributed by atoms with van der Waals surface area (Å²) in [4.78, 5) is 20.9. The van der Waals surface area contributed by atoms with Crippen LogP contribution in [0.3, 0.4) is 0 Å². The van der Waals surface area contributed by atoms with Gasteiger partial charge in [-0.3, -0.25) is 9.78 Å². The number of thiazole rings is 1. The van der Waals surface area contributed by atoms with Crippen LogP contribution in [0.4, 0.5) is 10.9 Å². The van der Waals surface area contributed by atoms with Gasteiger partial charge in [0, 0.05) is 24.5 Å². The van der Waals surface area contributed by atoms with E-state index in [2.05, 4.69) is 20.6 Å². The van der Waals surface area contributed by atoms with Crippen LogP contribution in [0.25, 0.3) is 0 Å². The van der Waals surface area contributed by atoms with Gasteiger partial charge in [-0.25, -0.2) is 4.98 Å². The van der Waals surface area contributed by atoms with Crippen LogP contribution in [0, 0.1) is 6.92 Å². The molecule has 2 heterocycles. The molecule has 0 saturated heterocycles. The van der Waals surface area contributed by atoms with Crippen LogP contribution in [-0.4, -0.2) is 21.9 Å². The summed E-state index contributed by atoms with van der Waals surface area (Å²) in [6.45, 7) is 6.34. The fourth-order valence-corrected chi connectivity index (χ4v) is 2.62. The van der Waals surface area contributed by atoms with Crippen LogP contribution < -0.4 is 16.4 Å². The lowest BCUT2D eigenvalue weighted by Gasteiger charge is -2.04. The first kappa shape index (κ1) is 15.2. The van der Waals surface area contributed by atoms with Crippen LogP contribution in [-0.2, 0) is 6.54 Å². The van der Waals surface area contributed by atoms with Gasteiger partial charge in [0.25, 0.3) is 5.91 Å². The molecule has 7 heteroatoms. The fourth-order valence-electron chi connectivity index (χ4n) is 1.67. The standard InChI is InChI=1S/C14H19N5OS/c1-8(2)18-14-19-12(15)11(21-14)13(20)17-7-10-5-4-9(3)16-6-10/h4-6,8H,7,15H2,1-3H3,(H,17,20)(H,18,19). The van der Waals surface area contributed by atoms with E-state index in [-0.39, 0.29) is 17.8 Å². The average molecular weight is 305 g/mol. The number of hydrogen-bond donors (Lipinski definition) is 3. The second-order valence-corrected chi connectivity index (χ2v) is 6.02. The molecule has 1 amide bonds. The van der Waals surface area contributed by atoms with Crippen LogP contribution in [0.15, 0.2) is 18.3 Å². The van der Waals surface area contributed by atoms with Crippen molar-refractivity contribution in [1.29, 1.82) is 0 Å². The van der Waals surface area contributed by atoms with Crippen LogP contribution in [0.2, 0.25) is 0 Å². The minimum atomic E-state index is -0.220. The molecule has 2 rings (SSSR count). The molecular weight excluding hydrogens is 286 g/mol. The molecule has 4 N–H and O–H groups in total. The molecule has 0 aliphatic rings. The summed E-state index contributed by atoms with van der Waals surface area (Å²) >= 11 is 1.26. The fraction of sp³-hybridized carbons (Fsp3) is 0.357. The number of pyridine rings is 1. The molecule has 2 aromatic rings. The zero-order valence-electron chi connectivity index (χ0n) is 12.3. The summed E-state index contributed by atoms with van der Waals surface area (Å²) in [6, 6.07) is 4.09. The molecule has 21 heavy (non-hydrogen) atoms. The predicted molar refractivity (Wildman–Crippen MR) is 85.4 cm³/mol. The van der Waals surface area contributed by atoms with E-state index >= 15 is 0 Å². The zero-order chi connectivity index (χ0) is 15.4. The number of aromatic nitrogens is 2. The third kappa shape index (κ3) is 4.16. The van der Waals surface area contributed by atoms with Crippen molar-refractivity contribution in [3.8, 4) is 0 Å². The summed E-state index contributed by atoms with van der Waals surface area (Å²) in [7, 11) is 0. The summed E-state index contributed by atoms with van der Waals surface area (Å²) in [5, 5.41) is 6.62. The number of nitrogens with two attached hydrogens (primary N) is 1. The molecule has 0 bridgehead atoms. The molecule has 2 aromatic heterocycles. The highest BCUT2D eigenvalue weighted by molar-refractivity contribution is 7.18. The Morgan fingerprint density at radius 3 is 2.81 bits per heavy atom. The topological polar surface area (TPSA) is 92.9 Å². The number of aryl methyl sites for hydroxylation is 1. The van der Waals surface area contributed by atoms with Crippen molar-refractivity contribution < 1.29 is 4.79 Å². The van der Waals surface area contributed by atoms with Gasteiger partial charge in [0.05, 0.1) is 0 Å². The maximum absolute atomic E-state index is 12.1. The Morgan fingerprint density at radius 2 is 2.19 bits per heavy atom. The Bertz CT molecular complexity index is 621. The third-order valence-corrected chi connectivity index (χ3v) is 3.70. The van der Waals surface area contributed by atoms with Gasteiger partial charge in [-0.1, -0.05) is 17.4 Å². The van der Waals surface area contributed by atoms with Gasteiger partial charge in [0.2, 0.25) is 0 Å². The van der Waals surface area contributed by atoms with E-state index in [4.69, 9.17) is 5.73 Å². The first-order valence-electron chi connectivity index (χ1n) is 6.68. The first-order valence-corrected chi connectivity index (χ1v) is 7.50. The van der Waals surface area contributed by atoms with E-state index in [1.165, 1.54) is 11.3 Å². The van der Waals surface area contributed by atoms with Gasteiger partial charge >= 0.3 is 0 Å². The van der Waals surface area contributed by atoms with Crippen molar-refractivity contribution in [1.82, 2.24) is 15.3 Å². The molecule has 0 radical (unpaired) electrons. The van der Waals surface area contributed by atoms with Crippen molar-refractivity contribution >= 4 is 28.2 Å². The maximum Gasteiger partial charge on any atom is 0.265 e. The third-order valence-electron chi connectivity index (χ3n) is 2.70. The Balaban J connectivity index is 2.00. The van der Waals surface area contributed by atoms with E-state index in [1.54, 1.807) is 6.20 Å². The van der Waals surface area contributed by atoms with E-state index < -0.39 is 0 Å². The molecule has 0 fully saturated rings. The summed E-state index contributed by atoms with van der Waals surface area (Å²) in [5.41, 5.74) is 7.68. The van der Waals surface area contributed by atoms with E-state index in [1.807, 2.05) is 32.9 Å². The highest BCUT2D eigenvalue weighted by Gasteiger charge is 2.16. The zero-order valence-corrected chi connectivity index (χ0v) is 13.1. The van der Waals surface area contributed by atoms with E-state index in [0.717, 1.165) is 11.3 Å². The number of nitrogens with zero attached hydrogens (tertiary/aromatic N) is 2. The smallest absolute Gasteiger partial charge is 0.265 e. The molecule has 112 valence electrons. The van der Waals surface area contributed by atoms with Gasteiger partial charge in [-0.05, 0) is 32.4 Å². The quantitative estimate of drug-likeness (QED) is 0.787.